The molecule has 0 bridgehead atoms. The van der Waals surface area contributed by atoms with E-state index in [1.807, 2.05) is 0 Å². The summed E-state index contributed by atoms with van der Waals surface area (Å²) in [5, 5.41) is 18.8. The topological polar surface area (TPSA) is 102 Å². The maximum absolute atomic E-state index is 10.4. The monoisotopic (exact) mass is 226 g/mol. The number of aryl methyl sites for hydroxylation is 1. The lowest BCUT2D eigenvalue weighted by Crippen LogP contribution is -2.11. The van der Waals surface area contributed by atoms with E-state index in [4.69, 9.17) is 5.11 Å². The molecule has 1 aromatic carbocycles. The molecule has 7 nitrogen and oxygen atoms in total. The number of nitro benzene ring substituents is 1. The Morgan fingerprint density at radius 2 is 2.31 bits per heavy atom. The van der Waals surface area contributed by atoms with Gasteiger partial charge in [0.25, 0.3) is 5.69 Å². The summed E-state index contributed by atoms with van der Waals surface area (Å²) in [6.07, 6.45) is 0. The number of hydrogen-bond donors (Lipinski definition) is 2. The Morgan fingerprint density at radius 1 is 1.62 bits per heavy atom. The Morgan fingerprint density at radius 3 is 2.81 bits per heavy atom. The fourth-order valence-electron chi connectivity index (χ4n) is 1.05. The molecule has 86 valence electrons. The number of carboxylic acids is 1. The highest BCUT2D eigenvalue weighted by molar-refractivity contribution is 5.68. The number of nitro groups is 1. The minimum atomic E-state index is -1.10. The van der Waals surface area contributed by atoms with Crippen LogP contribution in [0.3, 0.4) is 0 Å². The van der Waals surface area contributed by atoms with Crippen LogP contribution in [0.5, 0.6) is 0 Å². The second-order valence-electron chi connectivity index (χ2n) is 3.04. The second-order valence-corrected chi connectivity index (χ2v) is 3.04. The molecule has 0 fully saturated rings. The normalized spacial score (nSPS) is 9.81. The highest BCUT2D eigenvalue weighted by Gasteiger charge is 2.08. The number of anilines is 1. The smallest absolute Gasteiger partial charge is 0.332 e. The van der Waals surface area contributed by atoms with Gasteiger partial charge in [0.05, 0.1) is 10.6 Å². The minimum absolute atomic E-state index is 0.0266. The zero-order chi connectivity index (χ0) is 12.1. The predicted molar refractivity (Wildman–Crippen MR) is 55.0 cm³/mol. The van der Waals surface area contributed by atoms with Crippen LogP contribution in [0, 0.1) is 17.0 Å². The molecule has 0 atom stereocenters. The number of carboxylic acid groups (broad SMARTS) is 1. The number of non-ortho nitro benzene ring substituents is 1. The number of nitrogens with one attached hydrogen (secondary N) is 1. The van der Waals surface area contributed by atoms with Gasteiger partial charge in [-0.25, -0.2) is 4.79 Å². The molecule has 0 saturated heterocycles. The number of hydrogen-bond acceptors (Lipinski definition) is 5. The van der Waals surface area contributed by atoms with Crippen molar-refractivity contribution in [2.24, 2.45) is 0 Å². The molecule has 16 heavy (non-hydrogen) atoms. The first-order valence-corrected chi connectivity index (χ1v) is 4.35. The number of aliphatic carboxylic acids is 1. The zero-order valence-corrected chi connectivity index (χ0v) is 8.47. The lowest BCUT2D eigenvalue weighted by molar-refractivity contribution is -0.384. The van der Waals surface area contributed by atoms with E-state index in [-0.39, 0.29) is 5.69 Å². The van der Waals surface area contributed by atoms with Gasteiger partial charge in [0.15, 0.2) is 6.61 Å². The van der Waals surface area contributed by atoms with E-state index in [0.29, 0.717) is 11.3 Å². The molecule has 0 spiro atoms. The van der Waals surface area contributed by atoms with Gasteiger partial charge in [-0.1, -0.05) is 0 Å². The molecule has 1 aromatic rings. The summed E-state index contributed by atoms with van der Waals surface area (Å²) in [7, 11) is 0. The predicted octanol–water partition coefficient (Wildman–Crippen LogP) is 1.33. The molecule has 0 saturated carbocycles. The zero-order valence-electron chi connectivity index (χ0n) is 8.47. The van der Waals surface area contributed by atoms with Gasteiger partial charge in [-0.15, -0.1) is 0 Å². The Balaban J connectivity index is 2.68. The van der Waals surface area contributed by atoms with Crippen molar-refractivity contribution in [2.45, 2.75) is 6.92 Å². The molecule has 0 amide bonds. The highest BCUT2D eigenvalue weighted by atomic mass is 16.7. The fraction of sp³-hybridized carbons (Fsp3) is 0.222. The van der Waals surface area contributed by atoms with Crippen molar-refractivity contribution in [1.82, 2.24) is 0 Å². The lowest BCUT2D eigenvalue weighted by atomic mass is 10.2. The quantitative estimate of drug-likeness (QED) is 0.580. The van der Waals surface area contributed by atoms with Gasteiger partial charge in [0, 0.05) is 12.1 Å². The summed E-state index contributed by atoms with van der Waals surface area (Å²) < 4.78 is 0. The van der Waals surface area contributed by atoms with Crippen LogP contribution in [-0.2, 0) is 9.63 Å². The van der Waals surface area contributed by atoms with Gasteiger partial charge in [-0.2, -0.15) is 0 Å². The molecular weight excluding hydrogens is 216 g/mol. The summed E-state index contributed by atoms with van der Waals surface area (Å²) in [4.78, 5) is 24.7. The summed E-state index contributed by atoms with van der Waals surface area (Å²) in [5.74, 6) is -1.10. The third kappa shape index (κ3) is 3.21. The molecular formula is C9H10N2O5. The van der Waals surface area contributed by atoms with Crippen molar-refractivity contribution < 1.29 is 19.7 Å². The number of carbonyl (C=O) groups is 1. The van der Waals surface area contributed by atoms with Crippen molar-refractivity contribution in [3.05, 3.63) is 33.9 Å². The van der Waals surface area contributed by atoms with Gasteiger partial charge in [-0.05, 0) is 18.6 Å². The number of rotatable bonds is 5. The first-order chi connectivity index (χ1) is 7.50. The van der Waals surface area contributed by atoms with Crippen LogP contribution < -0.4 is 5.48 Å². The van der Waals surface area contributed by atoms with E-state index in [0.717, 1.165) is 0 Å². The average Bonchev–Trinajstić information content (AvgIpc) is 2.19. The molecule has 0 aliphatic rings. The summed E-state index contributed by atoms with van der Waals surface area (Å²) in [6.45, 7) is 1.16. The van der Waals surface area contributed by atoms with Crippen molar-refractivity contribution in [2.75, 3.05) is 12.1 Å². The van der Waals surface area contributed by atoms with Crippen LogP contribution in [0.1, 0.15) is 5.56 Å². The maximum atomic E-state index is 10.4. The third-order valence-electron chi connectivity index (χ3n) is 1.80. The molecule has 0 heterocycles. The highest BCUT2D eigenvalue weighted by Crippen LogP contribution is 2.20. The molecule has 0 radical (unpaired) electrons. The van der Waals surface area contributed by atoms with Gasteiger partial charge in [0.2, 0.25) is 0 Å². The Labute approximate surface area is 90.8 Å². The first kappa shape index (κ1) is 11.9. The molecule has 0 aromatic heterocycles. The Kier molecular flexibility index (Phi) is 3.78. The fourth-order valence-corrected chi connectivity index (χ4v) is 1.05. The van der Waals surface area contributed by atoms with Crippen LogP contribution in [0.25, 0.3) is 0 Å². The van der Waals surface area contributed by atoms with E-state index in [9.17, 15) is 14.9 Å². The van der Waals surface area contributed by atoms with E-state index < -0.39 is 17.5 Å². The minimum Gasteiger partial charge on any atom is -0.479 e. The van der Waals surface area contributed by atoms with E-state index in [2.05, 4.69) is 10.3 Å². The molecule has 1 rings (SSSR count). The number of nitrogens with zero attached hydrogens (tertiary/aromatic N) is 1. The van der Waals surface area contributed by atoms with E-state index in [1.165, 1.54) is 18.2 Å². The average molecular weight is 226 g/mol. The van der Waals surface area contributed by atoms with Crippen molar-refractivity contribution in [1.29, 1.82) is 0 Å². The Bertz CT molecular complexity index is 418. The van der Waals surface area contributed by atoms with Gasteiger partial charge >= 0.3 is 5.97 Å². The van der Waals surface area contributed by atoms with Crippen molar-refractivity contribution in [3.8, 4) is 0 Å². The molecule has 0 aliphatic carbocycles. The second kappa shape index (κ2) is 5.08. The SMILES string of the molecule is Cc1cc([N+](=O)[O-])ccc1NOCC(=O)O. The summed E-state index contributed by atoms with van der Waals surface area (Å²) in [5.41, 5.74) is 3.47. The molecule has 0 aliphatic heterocycles. The van der Waals surface area contributed by atoms with Gasteiger partial charge < -0.3 is 5.11 Å². The van der Waals surface area contributed by atoms with Crippen molar-refractivity contribution >= 4 is 17.3 Å². The standard InChI is InChI=1S/C9H10N2O5/c1-6-4-7(11(14)15)2-3-8(6)10-16-5-9(12)13/h2-4,10H,5H2,1H3,(H,12,13). The van der Waals surface area contributed by atoms with Gasteiger partial charge in [0.1, 0.15) is 0 Å². The van der Waals surface area contributed by atoms with Gasteiger partial charge in [-0.3, -0.25) is 20.4 Å². The molecule has 2 N–H and O–H groups in total. The van der Waals surface area contributed by atoms with Crippen LogP contribution in [0.15, 0.2) is 18.2 Å². The largest absolute Gasteiger partial charge is 0.479 e. The van der Waals surface area contributed by atoms with E-state index >= 15 is 0 Å². The first-order valence-electron chi connectivity index (χ1n) is 4.35. The summed E-state index contributed by atoms with van der Waals surface area (Å²) in [6, 6.07) is 4.13. The molecule has 0 unspecified atom stereocenters. The third-order valence-corrected chi connectivity index (χ3v) is 1.80. The molecule has 7 heteroatoms. The maximum Gasteiger partial charge on any atom is 0.332 e. The van der Waals surface area contributed by atoms with Crippen LogP contribution in [-0.4, -0.2) is 22.6 Å². The summed E-state index contributed by atoms with van der Waals surface area (Å²) >= 11 is 0. The van der Waals surface area contributed by atoms with Crippen LogP contribution >= 0.6 is 0 Å². The lowest BCUT2D eigenvalue weighted by Gasteiger charge is -2.07. The number of benzene rings is 1. The van der Waals surface area contributed by atoms with Crippen LogP contribution in [0.4, 0.5) is 11.4 Å². The van der Waals surface area contributed by atoms with Crippen LogP contribution in [0.2, 0.25) is 0 Å². The van der Waals surface area contributed by atoms with Crippen molar-refractivity contribution in [3.63, 3.8) is 0 Å². The Hall–Kier alpha value is -2.15. The van der Waals surface area contributed by atoms with E-state index in [1.54, 1.807) is 6.92 Å².